The van der Waals surface area contributed by atoms with Crippen LogP contribution in [-0.2, 0) is 11.3 Å². The summed E-state index contributed by atoms with van der Waals surface area (Å²) in [5.74, 6) is -0.0270. The highest BCUT2D eigenvalue weighted by Crippen LogP contribution is 2.17. The summed E-state index contributed by atoms with van der Waals surface area (Å²) in [5, 5.41) is 6.02. The number of nitrogens with one attached hydrogen (secondary N) is 2. The molecule has 2 rings (SSSR count). The maximum Gasteiger partial charge on any atom is 0.237 e. The zero-order valence-corrected chi connectivity index (χ0v) is 12.5. The topological polar surface area (TPSA) is 41.1 Å². The normalized spacial score (nSPS) is 23.1. The Kier molecular flexibility index (Phi) is 4.93. The van der Waals surface area contributed by atoms with Crippen molar-refractivity contribution in [1.29, 1.82) is 0 Å². The number of benzene rings is 1. The second kappa shape index (κ2) is 6.48. The average Bonchev–Trinajstić information content (AvgIpc) is 2.40. The molecule has 2 atom stereocenters. The molecule has 0 aliphatic carbocycles. The first-order valence-corrected chi connectivity index (χ1v) is 7.32. The molecule has 1 aliphatic heterocycles. The molecule has 1 amide bonds. The summed E-state index contributed by atoms with van der Waals surface area (Å²) < 4.78 is 14.4. The van der Waals surface area contributed by atoms with Crippen molar-refractivity contribution < 1.29 is 9.18 Å². The Labute approximate surface area is 121 Å². The van der Waals surface area contributed by atoms with Gasteiger partial charge < -0.3 is 10.6 Å². The molecule has 1 heterocycles. The SMILES string of the molecule is CC1CCCNC1C(=O)NCc1cc(Br)ccc1F. The van der Waals surface area contributed by atoms with Crippen LogP contribution in [0.2, 0.25) is 0 Å². The summed E-state index contributed by atoms with van der Waals surface area (Å²) in [4.78, 5) is 12.1. The molecule has 104 valence electrons. The van der Waals surface area contributed by atoms with Gasteiger partial charge in [-0.2, -0.15) is 0 Å². The number of rotatable bonds is 3. The van der Waals surface area contributed by atoms with Crippen LogP contribution >= 0.6 is 15.9 Å². The molecule has 0 radical (unpaired) electrons. The number of piperidine rings is 1. The minimum atomic E-state index is -0.298. The van der Waals surface area contributed by atoms with Crippen LogP contribution in [0.5, 0.6) is 0 Å². The Balaban J connectivity index is 1.94. The zero-order valence-electron chi connectivity index (χ0n) is 10.9. The minimum Gasteiger partial charge on any atom is -0.351 e. The van der Waals surface area contributed by atoms with Crippen LogP contribution in [0.1, 0.15) is 25.3 Å². The largest absolute Gasteiger partial charge is 0.351 e. The molecule has 1 aromatic carbocycles. The number of hydrogen-bond donors (Lipinski definition) is 2. The molecule has 3 nitrogen and oxygen atoms in total. The Morgan fingerprint density at radius 2 is 2.37 bits per heavy atom. The van der Waals surface area contributed by atoms with E-state index in [0.717, 1.165) is 23.9 Å². The Hall–Kier alpha value is -0.940. The minimum absolute atomic E-state index is 0.0495. The maximum atomic E-state index is 13.6. The first-order valence-electron chi connectivity index (χ1n) is 6.53. The van der Waals surface area contributed by atoms with E-state index >= 15 is 0 Å². The van der Waals surface area contributed by atoms with Gasteiger partial charge in [0.1, 0.15) is 5.82 Å². The van der Waals surface area contributed by atoms with Gasteiger partial charge >= 0.3 is 0 Å². The number of carbonyl (C=O) groups is 1. The van der Waals surface area contributed by atoms with Crippen LogP contribution < -0.4 is 10.6 Å². The van der Waals surface area contributed by atoms with Gasteiger partial charge in [-0.3, -0.25) is 4.79 Å². The van der Waals surface area contributed by atoms with Crippen LogP contribution in [-0.4, -0.2) is 18.5 Å². The molecular weight excluding hydrogens is 311 g/mol. The first-order chi connectivity index (χ1) is 9.08. The van der Waals surface area contributed by atoms with Gasteiger partial charge in [-0.25, -0.2) is 4.39 Å². The van der Waals surface area contributed by atoms with Crippen molar-refractivity contribution in [3.05, 3.63) is 34.1 Å². The molecule has 1 aliphatic rings. The van der Waals surface area contributed by atoms with Crippen LogP contribution in [0, 0.1) is 11.7 Å². The lowest BCUT2D eigenvalue weighted by Crippen LogP contribution is -2.50. The van der Waals surface area contributed by atoms with Crippen LogP contribution in [0.4, 0.5) is 4.39 Å². The lowest BCUT2D eigenvalue weighted by atomic mass is 9.92. The molecular formula is C14H18BrFN2O. The van der Waals surface area contributed by atoms with Gasteiger partial charge in [0.25, 0.3) is 0 Å². The predicted octanol–water partition coefficient (Wildman–Crippen LogP) is 2.59. The molecule has 1 aromatic rings. The fourth-order valence-corrected chi connectivity index (χ4v) is 2.78. The molecule has 0 bridgehead atoms. The summed E-state index contributed by atoms with van der Waals surface area (Å²) >= 11 is 3.30. The van der Waals surface area contributed by atoms with E-state index in [-0.39, 0.29) is 24.3 Å². The van der Waals surface area contributed by atoms with Crippen LogP contribution in [0.15, 0.2) is 22.7 Å². The quantitative estimate of drug-likeness (QED) is 0.895. The van der Waals surface area contributed by atoms with E-state index in [1.54, 1.807) is 12.1 Å². The third-order valence-electron chi connectivity index (χ3n) is 3.51. The van der Waals surface area contributed by atoms with Gasteiger partial charge in [0.15, 0.2) is 0 Å². The monoisotopic (exact) mass is 328 g/mol. The summed E-state index contributed by atoms with van der Waals surface area (Å²) in [6.45, 7) is 3.15. The highest BCUT2D eigenvalue weighted by molar-refractivity contribution is 9.10. The third-order valence-corrected chi connectivity index (χ3v) is 4.01. The fourth-order valence-electron chi connectivity index (χ4n) is 2.37. The second-order valence-electron chi connectivity index (χ2n) is 5.00. The summed E-state index contributed by atoms with van der Waals surface area (Å²) in [5.41, 5.74) is 0.492. The van der Waals surface area contributed by atoms with E-state index in [2.05, 4.69) is 33.5 Å². The van der Waals surface area contributed by atoms with Gasteiger partial charge in [0.2, 0.25) is 5.91 Å². The molecule has 0 saturated carbocycles. The van der Waals surface area contributed by atoms with Crippen molar-refractivity contribution in [2.24, 2.45) is 5.92 Å². The van der Waals surface area contributed by atoms with Gasteiger partial charge in [0, 0.05) is 16.6 Å². The Morgan fingerprint density at radius 3 is 3.11 bits per heavy atom. The number of carbonyl (C=O) groups excluding carboxylic acids is 1. The highest BCUT2D eigenvalue weighted by atomic mass is 79.9. The molecule has 1 saturated heterocycles. The summed E-state index contributed by atoms with van der Waals surface area (Å²) in [6, 6.07) is 4.56. The van der Waals surface area contributed by atoms with Crippen molar-refractivity contribution in [2.45, 2.75) is 32.4 Å². The second-order valence-corrected chi connectivity index (χ2v) is 5.92. The van der Waals surface area contributed by atoms with E-state index < -0.39 is 0 Å². The van der Waals surface area contributed by atoms with E-state index in [0.29, 0.717) is 11.5 Å². The van der Waals surface area contributed by atoms with E-state index in [1.807, 2.05) is 0 Å². The van der Waals surface area contributed by atoms with Crippen molar-refractivity contribution in [2.75, 3.05) is 6.54 Å². The number of halogens is 2. The van der Waals surface area contributed by atoms with Crippen molar-refractivity contribution in [3.8, 4) is 0 Å². The Morgan fingerprint density at radius 1 is 1.58 bits per heavy atom. The van der Waals surface area contributed by atoms with E-state index in [4.69, 9.17) is 0 Å². The lowest BCUT2D eigenvalue weighted by Gasteiger charge is -2.28. The smallest absolute Gasteiger partial charge is 0.237 e. The maximum absolute atomic E-state index is 13.6. The molecule has 2 unspecified atom stereocenters. The van der Waals surface area contributed by atoms with E-state index in [9.17, 15) is 9.18 Å². The van der Waals surface area contributed by atoms with Crippen LogP contribution in [0.3, 0.4) is 0 Å². The third kappa shape index (κ3) is 3.76. The first kappa shape index (κ1) is 14.5. The van der Waals surface area contributed by atoms with Gasteiger partial charge in [0.05, 0.1) is 6.04 Å². The number of hydrogen-bond acceptors (Lipinski definition) is 2. The Bertz CT molecular complexity index is 467. The van der Waals surface area contributed by atoms with Gasteiger partial charge in [-0.05, 0) is 43.5 Å². The molecule has 2 N–H and O–H groups in total. The van der Waals surface area contributed by atoms with E-state index in [1.165, 1.54) is 6.07 Å². The summed E-state index contributed by atoms with van der Waals surface area (Å²) in [7, 11) is 0. The lowest BCUT2D eigenvalue weighted by molar-refractivity contribution is -0.125. The number of amides is 1. The van der Waals surface area contributed by atoms with Crippen LogP contribution in [0.25, 0.3) is 0 Å². The zero-order chi connectivity index (χ0) is 13.8. The highest BCUT2D eigenvalue weighted by Gasteiger charge is 2.27. The average molecular weight is 329 g/mol. The van der Waals surface area contributed by atoms with Gasteiger partial charge in [-0.1, -0.05) is 22.9 Å². The molecule has 1 fully saturated rings. The molecule has 5 heteroatoms. The van der Waals surface area contributed by atoms with Gasteiger partial charge in [-0.15, -0.1) is 0 Å². The molecule has 19 heavy (non-hydrogen) atoms. The fraction of sp³-hybridized carbons (Fsp3) is 0.500. The molecule has 0 aromatic heterocycles. The predicted molar refractivity (Wildman–Crippen MR) is 76.1 cm³/mol. The summed E-state index contributed by atoms with van der Waals surface area (Å²) in [6.07, 6.45) is 2.15. The van der Waals surface area contributed by atoms with Crippen molar-refractivity contribution in [3.63, 3.8) is 0 Å². The standard InChI is InChI=1S/C14H18BrFN2O/c1-9-3-2-6-17-13(9)14(19)18-8-10-7-11(15)4-5-12(10)16/h4-5,7,9,13,17H,2-3,6,8H2,1H3,(H,18,19). The van der Waals surface area contributed by atoms with Crippen molar-refractivity contribution >= 4 is 21.8 Å². The van der Waals surface area contributed by atoms with Crippen molar-refractivity contribution in [1.82, 2.24) is 10.6 Å². The molecule has 0 spiro atoms.